The lowest BCUT2D eigenvalue weighted by Crippen LogP contribution is -2.39. The van der Waals surface area contributed by atoms with Crippen molar-refractivity contribution in [3.05, 3.63) is 59.8 Å². The summed E-state index contributed by atoms with van der Waals surface area (Å²) in [6.45, 7) is 3.98. The summed E-state index contributed by atoms with van der Waals surface area (Å²) in [6, 6.07) is 14.8. The third-order valence-corrected chi connectivity index (χ3v) is 5.17. The maximum Gasteiger partial charge on any atom is 0.252 e. The molecule has 1 unspecified atom stereocenters. The van der Waals surface area contributed by atoms with Gasteiger partial charge in [0.1, 0.15) is 5.82 Å². The molecule has 1 N–H and O–H groups in total. The third kappa shape index (κ3) is 4.84. The highest BCUT2D eigenvalue weighted by Gasteiger charge is 2.22. The maximum atomic E-state index is 12.3. The van der Waals surface area contributed by atoms with Gasteiger partial charge in [0.15, 0.2) is 0 Å². The molecule has 0 bridgehead atoms. The van der Waals surface area contributed by atoms with Crippen molar-refractivity contribution in [2.45, 2.75) is 51.5 Å². The Labute approximate surface area is 156 Å². The zero-order valence-corrected chi connectivity index (χ0v) is 15.7. The van der Waals surface area contributed by atoms with Gasteiger partial charge in [-0.25, -0.2) is 4.98 Å². The molecule has 1 aromatic carbocycles. The summed E-state index contributed by atoms with van der Waals surface area (Å²) in [5, 5.41) is 3.00. The topological polar surface area (TPSA) is 45.2 Å². The minimum Gasteiger partial charge on any atom is -0.354 e. The van der Waals surface area contributed by atoms with E-state index in [2.05, 4.69) is 34.3 Å². The quantitative estimate of drug-likeness (QED) is 0.760. The number of anilines is 1. The average Bonchev–Trinajstić information content (AvgIpc) is 2.72. The normalized spacial score (nSPS) is 17.1. The molecule has 0 saturated carbocycles. The number of piperidine rings is 1. The summed E-state index contributed by atoms with van der Waals surface area (Å²) in [7, 11) is 0. The number of benzene rings is 1. The maximum absolute atomic E-state index is 12.3. The molecule has 2 aromatic rings. The molecule has 1 saturated heterocycles. The van der Waals surface area contributed by atoms with Gasteiger partial charge in [0.2, 0.25) is 0 Å². The second-order valence-electron chi connectivity index (χ2n) is 7.00. The van der Waals surface area contributed by atoms with E-state index < -0.39 is 0 Å². The fourth-order valence-electron chi connectivity index (χ4n) is 3.66. The lowest BCUT2D eigenvalue weighted by molar-refractivity contribution is 0.0953. The Morgan fingerprint density at radius 2 is 2.04 bits per heavy atom. The zero-order valence-electron chi connectivity index (χ0n) is 15.7. The van der Waals surface area contributed by atoms with Crippen molar-refractivity contribution >= 4 is 11.7 Å². The van der Waals surface area contributed by atoms with Gasteiger partial charge in [0.05, 0.1) is 5.56 Å². The molecule has 1 fully saturated rings. The van der Waals surface area contributed by atoms with Crippen LogP contribution in [0.1, 0.15) is 54.9 Å². The van der Waals surface area contributed by atoms with Crippen molar-refractivity contribution in [2.24, 2.45) is 0 Å². The lowest BCUT2D eigenvalue weighted by atomic mass is 10.00. The number of carbonyl (C=O) groups excluding carboxylic acids is 1. The van der Waals surface area contributed by atoms with Crippen LogP contribution in [0.5, 0.6) is 0 Å². The van der Waals surface area contributed by atoms with Crippen LogP contribution in [0, 0.1) is 0 Å². The Kier molecular flexibility index (Phi) is 6.64. The van der Waals surface area contributed by atoms with Gasteiger partial charge in [0.25, 0.3) is 5.91 Å². The molecule has 4 nitrogen and oxygen atoms in total. The molecule has 138 valence electrons. The number of rotatable bonds is 7. The minimum absolute atomic E-state index is 0.0391. The van der Waals surface area contributed by atoms with E-state index in [1.807, 2.05) is 30.3 Å². The highest BCUT2D eigenvalue weighted by molar-refractivity contribution is 5.94. The van der Waals surface area contributed by atoms with Crippen molar-refractivity contribution in [1.29, 1.82) is 0 Å². The molecule has 3 rings (SSSR count). The second kappa shape index (κ2) is 9.37. The Hall–Kier alpha value is -2.36. The molecule has 1 amide bonds. The summed E-state index contributed by atoms with van der Waals surface area (Å²) in [5.74, 6) is 0.958. The molecule has 26 heavy (non-hydrogen) atoms. The van der Waals surface area contributed by atoms with E-state index >= 15 is 0 Å². The predicted molar refractivity (Wildman–Crippen MR) is 107 cm³/mol. The van der Waals surface area contributed by atoms with Gasteiger partial charge in [-0.05, 0) is 56.2 Å². The fourth-order valence-corrected chi connectivity index (χ4v) is 3.66. The first-order chi connectivity index (χ1) is 12.8. The number of amides is 1. The van der Waals surface area contributed by atoms with Crippen molar-refractivity contribution in [2.75, 3.05) is 18.0 Å². The van der Waals surface area contributed by atoms with Crippen molar-refractivity contribution in [3.8, 4) is 0 Å². The average molecular weight is 351 g/mol. The van der Waals surface area contributed by atoms with Gasteiger partial charge >= 0.3 is 0 Å². The highest BCUT2D eigenvalue weighted by atomic mass is 16.1. The molecule has 1 aromatic heterocycles. The number of aryl methyl sites for hydroxylation is 1. The van der Waals surface area contributed by atoms with E-state index in [1.54, 1.807) is 6.20 Å². The van der Waals surface area contributed by atoms with Gasteiger partial charge in [-0.15, -0.1) is 0 Å². The zero-order chi connectivity index (χ0) is 18.2. The summed E-state index contributed by atoms with van der Waals surface area (Å²) < 4.78 is 0. The Balaban J connectivity index is 1.49. The van der Waals surface area contributed by atoms with Gasteiger partial charge in [-0.1, -0.05) is 37.3 Å². The Morgan fingerprint density at radius 1 is 1.19 bits per heavy atom. The molecule has 4 heteroatoms. The van der Waals surface area contributed by atoms with Crippen molar-refractivity contribution < 1.29 is 4.79 Å². The van der Waals surface area contributed by atoms with Crippen LogP contribution in [0.3, 0.4) is 0 Å². The predicted octanol–water partition coefficient (Wildman–Crippen LogP) is 4.21. The number of pyridine rings is 1. The lowest BCUT2D eigenvalue weighted by Gasteiger charge is -2.36. The molecule has 1 aliphatic rings. The largest absolute Gasteiger partial charge is 0.354 e. The summed E-state index contributed by atoms with van der Waals surface area (Å²) in [5.41, 5.74) is 1.94. The summed E-state index contributed by atoms with van der Waals surface area (Å²) in [6.07, 6.45) is 8.54. The summed E-state index contributed by atoms with van der Waals surface area (Å²) in [4.78, 5) is 19.3. The first-order valence-electron chi connectivity index (χ1n) is 9.82. The van der Waals surface area contributed by atoms with Crippen LogP contribution in [0.15, 0.2) is 48.7 Å². The van der Waals surface area contributed by atoms with Crippen molar-refractivity contribution in [3.63, 3.8) is 0 Å². The SMILES string of the molecule is CCC1CCCCN1c1ccc(C(=O)NCCCc2ccccc2)cn1. The first kappa shape index (κ1) is 18.4. The molecule has 2 heterocycles. The highest BCUT2D eigenvalue weighted by Crippen LogP contribution is 2.24. The second-order valence-corrected chi connectivity index (χ2v) is 7.00. The molecule has 0 radical (unpaired) electrons. The van der Waals surface area contributed by atoms with Gasteiger partial charge in [0, 0.05) is 25.3 Å². The van der Waals surface area contributed by atoms with Gasteiger partial charge in [-0.2, -0.15) is 0 Å². The standard InChI is InChI=1S/C22H29N3O/c1-2-20-12-6-7-16-25(20)21-14-13-19(17-24-21)22(26)23-15-8-11-18-9-4-3-5-10-18/h3-5,9-10,13-14,17,20H,2,6-8,11-12,15-16H2,1H3,(H,23,26). The number of hydrogen-bond acceptors (Lipinski definition) is 3. The van der Waals surface area contributed by atoms with Crippen LogP contribution in [0.2, 0.25) is 0 Å². The number of hydrogen-bond donors (Lipinski definition) is 1. The van der Waals surface area contributed by atoms with Crippen LogP contribution in [-0.4, -0.2) is 30.0 Å². The number of nitrogens with one attached hydrogen (secondary N) is 1. The smallest absolute Gasteiger partial charge is 0.252 e. The van der Waals surface area contributed by atoms with Crippen LogP contribution in [0.4, 0.5) is 5.82 Å². The van der Waals surface area contributed by atoms with E-state index in [0.29, 0.717) is 18.2 Å². The molecule has 1 atom stereocenters. The van der Waals surface area contributed by atoms with Crippen LogP contribution in [-0.2, 0) is 6.42 Å². The van der Waals surface area contributed by atoms with E-state index in [9.17, 15) is 4.79 Å². The van der Waals surface area contributed by atoms with Gasteiger partial charge in [-0.3, -0.25) is 4.79 Å². The first-order valence-corrected chi connectivity index (χ1v) is 9.82. The third-order valence-electron chi connectivity index (χ3n) is 5.17. The Morgan fingerprint density at radius 3 is 2.77 bits per heavy atom. The minimum atomic E-state index is -0.0391. The fraction of sp³-hybridized carbons (Fsp3) is 0.455. The molecular weight excluding hydrogens is 322 g/mol. The van der Waals surface area contributed by atoms with E-state index in [1.165, 1.54) is 24.8 Å². The van der Waals surface area contributed by atoms with Gasteiger partial charge < -0.3 is 10.2 Å². The van der Waals surface area contributed by atoms with Crippen molar-refractivity contribution in [1.82, 2.24) is 10.3 Å². The number of nitrogens with zero attached hydrogens (tertiary/aromatic N) is 2. The molecule has 1 aliphatic heterocycles. The molecule has 0 spiro atoms. The monoisotopic (exact) mass is 351 g/mol. The molecule has 0 aliphatic carbocycles. The summed E-state index contributed by atoms with van der Waals surface area (Å²) >= 11 is 0. The van der Waals surface area contributed by atoms with E-state index in [-0.39, 0.29) is 5.91 Å². The van der Waals surface area contributed by atoms with Crippen LogP contribution >= 0.6 is 0 Å². The number of carbonyl (C=O) groups is 1. The molecular formula is C22H29N3O. The Bertz CT molecular complexity index is 684. The van der Waals surface area contributed by atoms with Crippen LogP contribution < -0.4 is 10.2 Å². The number of aromatic nitrogens is 1. The van der Waals surface area contributed by atoms with E-state index in [4.69, 9.17) is 0 Å². The van der Waals surface area contributed by atoms with Crippen LogP contribution in [0.25, 0.3) is 0 Å². The van der Waals surface area contributed by atoms with E-state index in [0.717, 1.165) is 31.6 Å².